The standard InChI is InChI=1S/C21H30N4O2.HI/c1-5-13-26-18-10-6-7-11-19(18)27-20-17(9-8-12-23-20)15-25-21(22-4)24-14-16(2)3;/h6-12,16H,5,13-15H2,1-4H3,(H2,22,24,25);1H. The van der Waals surface area contributed by atoms with E-state index >= 15 is 0 Å². The molecular formula is C21H31IN4O2. The number of nitrogens with one attached hydrogen (secondary N) is 2. The molecule has 0 aliphatic heterocycles. The molecule has 0 saturated carbocycles. The summed E-state index contributed by atoms with van der Waals surface area (Å²) in [6.07, 6.45) is 2.66. The average molecular weight is 498 g/mol. The van der Waals surface area contributed by atoms with Crippen LogP contribution in [0, 0.1) is 5.92 Å². The van der Waals surface area contributed by atoms with Gasteiger partial charge in [0.2, 0.25) is 5.88 Å². The minimum atomic E-state index is 0. The third-order valence-electron chi connectivity index (χ3n) is 3.72. The molecule has 28 heavy (non-hydrogen) atoms. The van der Waals surface area contributed by atoms with Crippen molar-refractivity contribution in [1.29, 1.82) is 0 Å². The van der Waals surface area contributed by atoms with Gasteiger partial charge in [-0.1, -0.05) is 39.0 Å². The molecule has 0 radical (unpaired) electrons. The number of guanidine groups is 1. The molecule has 7 heteroatoms. The first kappa shape index (κ1) is 24.0. The van der Waals surface area contributed by atoms with Gasteiger partial charge in [-0.15, -0.1) is 24.0 Å². The van der Waals surface area contributed by atoms with Crippen molar-refractivity contribution >= 4 is 29.9 Å². The quantitative estimate of drug-likeness (QED) is 0.301. The number of hydrogen-bond donors (Lipinski definition) is 2. The lowest BCUT2D eigenvalue weighted by Gasteiger charge is -2.16. The Hall–Kier alpha value is -2.03. The highest BCUT2D eigenvalue weighted by Crippen LogP contribution is 2.31. The summed E-state index contributed by atoms with van der Waals surface area (Å²) in [6.45, 7) is 8.45. The van der Waals surface area contributed by atoms with E-state index in [1.165, 1.54) is 0 Å². The molecule has 2 aromatic rings. The highest BCUT2D eigenvalue weighted by molar-refractivity contribution is 14.0. The Morgan fingerprint density at radius 1 is 1.11 bits per heavy atom. The minimum absolute atomic E-state index is 0. The molecule has 1 aromatic carbocycles. The summed E-state index contributed by atoms with van der Waals surface area (Å²) < 4.78 is 11.8. The van der Waals surface area contributed by atoms with Gasteiger partial charge in [-0.25, -0.2) is 4.98 Å². The van der Waals surface area contributed by atoms with E-state index in [9.17, 15) is 0 Å². The Bertz CT molecular complexity index is 738. The monoisotopic (exact) mass is 498 g/mol. The van der Waals surface area contributed by atoms with Crippen LogP contribution in [0.3, 0.4) is 0 Å². The summed E-state index contributed by atoms with van der Waals surface area (Å²) in [6, 6.07) is 11.5. The molecule has 0 spiro atoms. The van der Waals surface area contributed by atoms with E-state index < -0.39 is 0 Å². The van der Waals surface area contributed by atoms with E-state index in [0.29, 0.717) is 30.7 Å². The fourth-order valence-electron chi connectivity index (χ4n) is 2.32. The van der Waals surface area contributed by atoms with Crippen LogP contribution >= 0.6 is 24.0 Å². The van der Waals surface area contributed by atoms with Gasteiger partial charge in [0.25, 0.3) is 0 Å². The number of rotatable bonds is 9. The van der Waals surface area contributed by atoms with Gasteiger partial charge >= 0.3 is 0 Å². The molecule has 0 atom stereocenters. The van der Waals surface area contributed by atoms with Crippen LogP contribution in [-0.4, -0.2) is 31.1 Å². The summed E-state index contributed by atoms with van der Waals surface area (Å²) in [4.78, 5) is 8.65. The van der Waals surface area contributed by atoms with E-state index in [-0.39, 0.29) is 24.0 Å². The van der Waals surface area contributed by atoms with E-state index in [2.05, 4.69) is 41.4 Å². The predicted molar refractivity (Wildman–Crippen MR) is 125 cm³/mol. The molecule has 0 aliphatic rings. The fourth-order valence-corrected chi connectivity index (χ4v) is 2.32. The van der Waals surface area contributed by atoms with Gasteiger partial charge < -0.3 is 20.1 Å². The summed E-state index contributed by atoms with van der Waals surface area (Å²) >= 11 is 0. The van der Waals surface area contributed by atoms with Gasteiger partial charge in [-0.05, 0) is 30.5 Å². The topological polar surface area (TPSA) is 67.8 Å². The second-order valence-electron chi connectivity index (χ2n) is 6.57. The first-order valence-corrected chi connectivity index (χ1v) is 9.42. The number of aliphatic imine (C=N–C) groups is 1. The van der Waals surface area contributed by atoms with Crippen molar-refractivity contribution in [3.8, 4) is 17.4 Å². The first-order chi connectivity index (χ1) is 13.1. The molecule has 1 heterocycles. The summed E-state index contributed by atoms with van der Waals surface area (Å²) in [7, 11) is 1.76. The maximum Gasteiger partial charge on any atom is 0.224 e. The van der Waals surface area contributed by atoms with Crippen LogP contribution in [0.2, 0.25) is 0 Å². The zero-order valence-electron chi connectivity index (χ0n) is 17.1. The van der Waals surface area contributed by atoms with Gasteiger partial charge in [-0.3, -0.25) is 4.99 Å². The molecule has 0 aliphatic carbocycles. The van der Waals surface area contributed by atoms with E-state index in [1.54, 1.807) is 13.2 Å². The Balaban J connectivity index is 0.00000392. The number of benzene rings is 1. The number of aromatic nitrogens is 1. The SMILES string of the molecule is CCCOc1ccccc1Oc1ncccc1CNC(=NC)NCC(C)C.I. The Kier molecular flexibility index (Phi) is 11.3. The van der Waals surface area contributed by atoms with Crippen molar-refractivity contribution in [2.24, 2.45) is 10.9 Å². The summed E-state index contributed by atoms with van der Waals surface area (Å²) in [5.74, 6) is 3.23. The van der Waals surface area contributed by atoms with Crippen molar-refractivity contribution in [1.82, 2.24) is 15.6 Å². The van der Waals surface area contributed by atoms with Crippen LogP contribution in [0.25, 0.3) is 0 Å². The Labute approximate surface area is 185 Å². The lowest BCUT2D eigenvalue weighted by molar-refractivity contribution is 0.300. The highest BCUT2D eigenvalue weighted by atomic mass is 127. The van der Waals surface area contributed by atoms with Crippen molar-refractivity contribution in [2.75, 3.05) is 20.2 Å². The van der Waals surface area contributed by atoms with Gasteiger partial charge in [-0.2, -0.15) is 0 Å². The zero-order valence-corrected chi connectivity index (χ0v) is 19.4. The molecule has 0 unspecified atom stereocenters. The molecule has 6 nitrogen and oxygen atoms in total. The smallest absolute Gasteiger partial charge is 0.224 e. The highest BCUT2D eigenvalue weighted by Gasteiger charge is 2.11. The molecular weight excluding hydrogens is 467 g/mol. The molecule has 154 valence electrons. The second-order valence-corrected chi connectivity index (χ2v) is 6.57. The Morgan fingerprint density at radius 3 is 2.54 bits per heavy atom. The Morgan fingerprint density at radius 2 is 1.86 bits per heavy atom. The zero-order chi connectivity index (χ0) is 19.5. The third kappa shape index (κ3) is 7.92. The van der Waals surface area contributed by atoms with E-state index in [4.69, 9.17) is 9.47 Å². The molecule has 0 amide bonds. The van der Waals surface area contributed by atoms with Crippen LogP contribution in [-0.2, 0) is 6.54 Å². The molecule has 0 bridgehead atoms. The maximum absolute atomic E-state index is 6.07. The predicted octanol–water partition coefficient (Wildman–Crippen LogP) is 4.60. The van der Waals surface area contributed by atoms with Crippen molar-refractivity contribution in [2.45, 2.75) is 33.7 Å². The summed E-state index contributed by atoms with van der Waals surface area (Å²) in [5, 5.41) is 6.60. The average Bonchev–Trinajstić information content (AvgIpc) is 2.68. The van der Waals surface area contributed by atoms with Gasteiger partial charge in [0.1, 0.15) is 0 Å². The van der Waals surface area contributed by atoms with Crippen LogP contribution in [0.1, 0.15) is 32.8 Å². The van der Waals surface area contributed by atoms with Crippen molar-refractivity contribution in [3.63, 3.8) is 0 Å². The lowest BCUT2D eigenvalue weighted by atomic mass is 10.2. The lowest BCUT2D eigenvalue weighted by Crippen LogP contribution is -2.38. The van der Waals surface area contributed by atoms with Crippen LogP contribution in [0.15, 0.2) is 47.6 Å². The normalized spacial score (nSPS) is 11.0. The van der Waals surface area contributed by atoms with Crippen molar-refractivity contribution < 1.29 is 9.47 Å². The van der Waals surface area contributed by atoms with Crippen molar-refractivity contribution in [3.05, 3.63) is 48.2 Å². The van der Waals surface area contributed by atoms with Gasteiger partial charge in [0.05, 0.1) is 6.61 Å². The van der Waals surface area contributed by atoms with E-state index in [0.717, 1.165) is 30.2 Å². The molecule has 0 saturated heterocycles. The molecule has 2 rings (SSSR count). The molecule has 0 fully saturated rings. The number of nitrogens with zero attached hydrogens (tertiary/aromatic N) is 2. The number of para-hydroxylation sites is 2. The van der Waals surface area contributed by atoms with E-state index in [1.807, 2.05) is 36.4 Å². The third-order valence-corrected chi connectivity index (χ3v) is 3.72. The minimum Gasteiger partial charge on any atom is -0.490 e. The largest absolute Gasteiger partial charge is 0.490 e. The van der Waals surface area contributed by atoms with Gasteiger partial charge in [0, 0.05) is 31.9 Å². The first-order valence-electron chi connectivity index (χ1n) is 9.42. The molecule has 2 N–H and O–H groups in total. The molecule has 1 aromatic heterocycles. The number of halogens is 1. The van der Waals surface area contributed by atoms with Gasteiger partial charge in [0.15, 0.2) is 17.5 Å². The maximum atomic E-state index is 6.07. The van der Waals surface area contributed by atoms with Crippen LogP contribution < -0.4 is 20.1 Å². The van der Waals surface area contributed by atoms with Crippen LogP contribution in [0.5, 0.6) is 17.4 Å². The number of pyridine rings is 1. The number of hydrogen-bond acceptors (Lipinski definition) is 4. The number of ether oxygens (including phenoxy) is 2. The fraction of sp³-hybridized carbons (Fsp3) is 0.429. The second kappa shape index (κ2) is 13.2. The summed E-state index contributed by atoms with van der Waals surface area (Å²) in [5.41, 5.74) is 0.940. The van der Waals surface area contributed by atoms with Crippen LogP contribution in [0.4, 0.5) is 0 Å².